The SMILES string of the molecule is Fc1ccc([S+](c2ccccc2)c2ccccc2)cc1.Ic1ccc([S+](c2ccccc2)c2ccccc2)cc1.O=C(OC(CS(=O)(=O)[O-])C(F)(F)F)c1cc(I)cc(I)c1O.O=C(OCCS(=O)(=O)[O-])c1cc(I)cc(I)c1I. The maximum absolute atomic E-state index is 13.2. The van der Waals surface area contributed by atoms with Gasteiger partial charge >= 0.3 is 18.1 Å². The van der Waals surface area contributed by atoms with E-state index in [1.807, 2.05) is 77.2 Å². The molecule has 1 N–H and O–H groups in total. The van der Waals surface area contributed by atoms with Gasteiger partial charge < -0.3 is 23.7 Å². The topological polar surface area (TPSA) is 187 Å². The Kier molecular flexibility index (Phi) is 27.5. The first-order chi connectivity index (χ1) is 37.7. The highest BCUT2D eigenvalue weighted by Gasteiger charge is 2.44. The van der Waals surface area contributed by atoms with Gasteiger partial charge in [0.2, 0.25) is 6.10 Å². The Morgan fingerprint density at radius 3 is 1.27 bits per heavy atom. The predicted molar refractivity (Wildman–Crippen MR) is 348 cm³/mol. The van der Waals surface area contributed by atoms with Gasteiger partial charge in [0.1, 0.15) is 23.7 Å². The molecule has 8 aromatic carbocycles. The number of aromatic hydroxyl groups is 1. The highest BCUT2D eigenvalue weighted by atomic mass is 127. The molecule has 0 fully saturated rings. The molecule has 80 heavy (non-hydrogen) atoms. The monoisotopic (exact) mass is 1840 g/mol. The van der Waals surface area contributed by atoms with Gasteiger partial charge in [-0.05, 0) is 257 Å². The first kappa shape index (κ1) is 67.9. The van der Waals surface area contributed by atoms with Crippen LogP contribution in [0.3, 0.4) is 0 Å². The van der Waals surface area contributed by atoms with Crippen LogP contribution < -0.4 is 0 Å². The lowest BCUT2D eigenvalue weighted by Crippen LogP contribution is -2.39. The average molecular weight is 1840 g/mol. The number of esters is 2. The lowest BCUT2D eigenvalue weighted by atomic mass is 10.2. The van der Waals surface area contributed by atoms with Crippen molar-refractivity contribution < 1.29 is 67.7 Å². The maximum Gasteiger partial charge on any atom is 0.426 e. The van der Waals surface area contributed by atoms with Crippen molar-refractivity contribution in [2.75, 3.05) is 18.1 Å². The van der Waals surface area contributed by atoms with Crippen LogP contribution in [0.1, 0.15) is 20.7 Å². The summed E-state index contributed by atoms with van der Waals surface area (Å²) < 4.78 is 127. The molecule has 420 valence electrons. The third-order valence-electron chi connectivity index (χ3n) is 10.0. The number of rotatable bonds is 14. The second-order valence-corrected chi connectivity index (χ2v) is 30.0. The number of carbonyl (C=O) groups excluding carboxylic acids is 2. The smallest absolute Gasteiger partial charge is 0.426 e. The minimum atomic E-state index is -5.27. The van der Waals surface area contributed by atoms with Gasteiger partial charge in [-0.1, -0.05) is 72.8 Å². The number of phenols is 1. The molecule has 0 aliphatic carbocycles. The average Bonchev–Trinajstić information content (AvgIpc) is 3.41. The fraction of sp³-hybridized carbons (Fsp3) is 0.0909. The van der Waals surface area contributed by atoms with Crippen LogP contribution in [0.5, 0.6) is 5.75 Å². The highest BCUT2D eigenvalue weighted by molar-refractivity contribution is 14.1. The number of hydrogen-bond acceptors (Lipinski definition) is 11. The Labute approximate surface area is 547 Å². The summed E-state index contributed by atoms with van der Waals surface area (Å²) in [6.07, 6.45) is -8.35. The summed E-state index contributed by atoms with van der Waals surface area (Å²) >= 11 is 11.9. The van der Waals surface area contributed by atoms with Gasteiger partial charge in [0.05, 0.1) is 62.7 Å². The van der Waals surface area contributed by atoms with Crippen LogP contribution >= 0.6 is 136 Å². The van der Waals surface area contributed by atoms with Crippen molar-refractivity contribution in [1.29, 1.82) is 0 Å². The molecule has 0 aliphatic heterocycles. The van der Waals surface area contributed by atoms with Crippen LogP contribution in [-0.4, -0.2) is 73.4 Å². The Bertz CT molecular complexity index is 3350. The summed E-state index contributed by atoms with van der Waals surface area (Å²) in [6.45, 7) is -0.428. The summed E-state index contributed by atoms with van der Waals surface area (Å²) in [5, 5.41) is 9.67. The lowest BCUT2D eigenvalue weighted by molar-refractivity contribution is -0.197. The van der Waals surface area contributed by atoms with E-state index in [0.29, 0.717) is 9.13 Å². The Morgan fingerprint density at radius 1 is 0.512 bits per heavy atom. The zero-order valence-electron chi connectivity index (χ0n) is 40.6. The van der Waals surface area contributed by atoms with Crippen molar-refractivity contribution in [2.45, 2.75) is 41.7 Å². The third kappa shape index (κ3) is 22.6. The normalized spacial score (nSPS) is 11.7. The van der Waals surface area contributed by atoms with E-state index in [1.54, 1.807) is 51.2 Å². The Balaban J connectivity index is 0.000000196. The van der Waals surface area contributed by atoms with E-state index < -0.39 is 73.9 Å². The molecule has 8 aromatic rings. The van der Waals surface area contributed by atoms with E-state index in [9.17, 15) is 58.2 Å². The maximum atomic E-state index is 13.2. The van der Waals surface area contributed by atoms with Gasteiger partial charge in [-0.15, -0.1) is 0 Å². The van der Waals surface area contributed by atoms with Gasteiger partial charge in [-0.25, -0.2) is 30.8 Å². The number of ether oxygens (including phenoxy) is 2. The van der Waals surface area contributed by atoms with Crippen molar-refractivity contribution in [3.63, 3.8) is 0 Å². The molecule has 0 spiro atoms. The molecule has 0 radical (unpaired) electrons. The lowest BCUT2D eigenvalue weighted by Gasteiger charge is -2.22. The molecule has 0 heterocycles. The largest absolute Gasteiger partial charge is 0.748 e. The summed E-state index contributed by atoms with van der Waals surface area (Å²) in [6, 6.07) is 63.9. The van der Waals surface area contributed by atoms with Crippen LogP contribution in [0, 0.1) is 27.2 Å². The molecule has 1 unspecified atom stereocenters. The fourth-order valence-corrected chi connectivity index (χ4v) is 16.2. The number of alkyl halides is 3. The summed E-state index contributed by atoms with van der Waals surface area (Å²) in [4.78, 5) is 31.1. The first-order valence-electron chi connectivity index (χ1n) is 22.5. The summed E-state index contributed by atoms with van der Waals surface area (Å²) in [5.41, 5.74) is -0.191. The van der Waals surface area contributed by atoms with E-state index in [2.05, 4.69) is 182 Å². The standard InChI is InChI=1S/C18H14FS.C18H14IS.C10H7F3I2O6S.C9H7I3O5S/c2*19-15-11-13-18(14-12-15)20(16-7-3-1-4-8-16)17-9-5-2-6-10-17;11-10(12,13)7(3-22(18,19)20)21-9(17)5-1-4(14)2-6(15)8(5)16;10-5-3-6(8(12)7(11)4-5)9(13)17-1-2-18(14,15)16/h2*1-14H;1-2,7,16H,3H2,(H,18,19,20);3-4H,1-2H2,(H,14,15,16)/q2*+1;;/p-2. The van der Waals surface area contributed by atoms with Gasteiger partial charge in [-0.2, -0.15) is 13.2 Å². The fourth-order valence-electron chi connectivity index (χ4n) is 6.50. The molecule has 0 aromatic heterocycles. The molecule has 0 aliphatic rings. The molecule has 11 nitrogen and oxygen atoms in total. The second-order valence-electron chi connectivity index (χ2n) is 15.9. The molecule has 0 saturated heterocycles. The zero-order valence-corrected chi connectivity index (χ0v) is 56.8. The highest BCUT2D eigenvalue weighted by Crippen LogP contribution is 2.34. The van der Waals surface area contributed by atoms with Crippen molar-refractivity contribution in [3.05, 3.63) is 232 Å². The number of benzene rings is 8. The molecule has 1 atom stereocenters. The van der Waals surface area contributed by atoms with E-state index in [4.69, 9.17) is 4.74 Å². The van der Waals surface area contributed by atoms with Gasteiger partial charge in [0.15, 0.2) is 29.4 Å². The summed E-state index contributed by atoms with van der Waals surface area (Å²) in [5.74, 6) is -5.66. The molecule has 0 amide bonds. The third-order valence-corrected chi connectivity index (χ3v) is 21.7. The van der Waals surface area contributed by atoms with Gasteiger partial charge in [0, 0.05) is 17.9 Å². The molecule has 0 saturated carbocycles. The molecule has 25 heteroatoms. The Morgan fingerprint density at radius 2 is 0.887 bits per heavy atom. The van der Waals surface area contributed by atoms with Crippen molar-refractivity contribution in [3.8, 4) is 5.75 Å². The van der Waals surface area contributed by atoms with Crippen molar-refractivity contribution >= 4 is 190 Å². The number of hydrogen-bond donors (Lipinski definition) is 1. The molecule has 0 bridgehead atoms. The quantitative estimate of drug-likeness (QED) is 0.0272. The number of halogens is 10. The first-order valence-corrected chi connectivity index (χ1v) is 34.6. The predicted octanol–water partition coefficient (Wildman–Crippen LogP) is 14.7. The minimum absolute atomic E-state index is 0.0262. The summed E-state index contributed by atoms with van der Waals surface area (Å²) in [7, 11) is -9.85. The van der Waals surface area contributed by atoms with E-state index in [1.165, 1.54) is 46.2 Å². The van der Waals surface area contributed by atoms with Crippen molar-refractivity contribution in [1.82, 2.24) is 0 Å². The molecular formula is C55H40F4I6O11S4. The van der Waals surface area contributed by atoms with E-state index in [0.717, 1.165) is 21.7 Å². The van der Waals surface area contributed by atoms with E-state index in [-0.39, 0.29) is 31.2 Å². The van der Waals surface area contributed by atoms with Gasteiger partial charge in [-0.3, -0.25) is 0 Å². The molecular weight excluding hydrogens is 1800 g/mol. The zero-order chi connectivity index (χ0) is 58.8. The second kappa shape index (κ2) is 32.4. The van der Waals surface area contributed by atoms with Crippen LogP contribution in [-0.2, 0) is 51.5 Å². The molecule has 8 rings (SSSR count). The van der Waals surface area contributed by atoms with Crippen LogP contribution in [0.4, 0.5) is 17.6 Å². The Hall–Kier alpha value is -2.88. The number of carbonyl (C=O) groups is 2. The van der Waals surface area contributed by atoms with Crippen LogP contribution in [0.2, 0.25) is 0 Å². The van der Waals surface area contributed by atoms with Crippen LogP contribution in [0.15, 0.2) is 223 Å². The number of phenolic OH excluding ortho intramolecular Hbond substituents is 1. The van der Waals surface area contributed by atoms with Crippen LogP contribution in [0.25, 0.3) is 0 Å². The van der Waals surface area contributed by atoms with E-state index >= 15 is 0 Å². The van der Waals surface area contributed by atoms with Crippen molar-refractivity contribution in [2.24, 2.45) is 0 Å². The minimum Gasteiger partial charge on any atom is -0.748 e. The van der Waals surface area contributed by atoms with Gasteiger partial charge in [0.25, 0.3) is 0 Å².